The molecule has 0 aliphatic heterocycles. The summed E-state index contributed by atoms with van der Waals surface area (Å²) in [6.07, 6.45) is -6.18. The van der Waals surface area contributed by atoms with Crippen LogP contribution in [-0.2, 0) is 9.47 Å². The highest BCUT2D eigenvalue weighted by atomic mass is 19.4. The van der Waals surface area contributed by atoms with Crippen LogP contribution in [0.5, 0.6) is 0 Å². The highest BCUT2D eigenvalue weighted by Gasteiger charge is 2.26. The maximum atomic E-state index is 11.9. The summed E-state index contributed by atoms with van der Waals surface area (Å²) in [5.74, 6) is -0.0183. The summed E-state index contributed by atoms with van der Waals surface area (Å²) in [5.41, 5.74) is 0. The van der Waals surface area contributed by atoms with Gasteiger partial charge < -0.3 is 9.47 Å². The maximum absolute atomic E-state index is 11.9. The fourth-order valence-electron chi connectivity index (χ4n) is 1.02. The van der Waals surface area contributed by atoms with E-state index >= 15 is 0 Å². The summed E-state index contributed by atoms with van der Waals surface area (Å²) >= 11 is 0. The van der Waals surface area contributed by atoms with Crippen LogP contribution in [0.1, 0.15) is 33.1 Å². The standard InChI is InChI=1S/C10H16F3NO3/c1-3-16-8(14-9(15)17-4-2)6-5-7-10(11,12)13/h3-7H2,1-2H3/b14-8-. The predicted octanol–water partition coefficient (Wildman–Crippen LogP) is 3.31. The molecule has 7 heteroatoms. The third-order valence-corrected chi connectivity index (χ3v) is 1.65. The fraction of sp³-hybridized carbons (Fsp3) is 0.800. The highest BCUT2D eigenvalue weighted by molar-refractivity contribution is 5.87. The minimum Gasteiger partial charge on any atom is -0.481 e. The van der Waals surface area contributed by atoms with Crippen molar-refractivity contribution in [2.75, 3.05) is 13.2 Å². The zero-order valence-corrected chi connectivity index (χ0v) is 9.84. The summed E-state index contributed by atoms with van der Waals surface area (Å²) in [6, 6.07) is 0. The van der Waals surface area contributed by atoms with E-state index < -0.39 is 18.7 Å². The van der Waals surface area contributed by atoms with Gasteiger partial charge in [-0.15, -0.1) is 4.99 Å². The second-order valence-corrected chi connectivity index (χ2v) is 3.11. The minimum absolute atomic E-state index is 0.0183. The molecule has 4 nitrogen and oxygen atoms in total. The Bertz CT molecular complexity index is 264. The number of alkyl halides is 3. The molecule has 0 radical (unpaired) electrons. The molecule has 0 fully saturated rings. The van der Waals surface area contributed by atoms with Gasteiger partial charge in [-0.2, -0.15) is 13.2 Å². The number of hydrogen-bond donors (Lipinski definition) is 0. The van der Waals surface area contributed by atoms with E-state index in [2.05, 4.69) is 9.73 Å². The average Bonchev–Trinajstić information content (AvgIpc) is 2.16. The molecule has 0 heterocycles. The van der Waals surface area contributed by atoms with Gasteiger partial charge in [0, 0.05) is 12.8 Å². The van der Waals surface area contributed by atoms with Crippen LogP contribution in [0.4, 0.5) is 18.0 Å². The van der Waals surface area contributed by atoms with Gasteiger partial charge in [0.2, 0.25) is 0 Å². The molecule has 0 N–H and O–H groups in total. The third kappa shape index (κ3) is 9.65. The molecule has 1 amide bonds. The number of nitrogens with zero attached hydrogens (tertiary/aromatic N) is 1. The molecule has 0 atom stereocenters. The molecular weight excluding hydrogens is 239 g/mol. The largest absolute Gasteiger partial charge is 0.481 e. The highest BCUT2D eigenvalue weighted by Crippen LogP contribution is 2.22. The Morgan fingerprint density at radius 3 is 2.24 bits per heavy atom. The summed E-state index contributed by atoms with van der Waals surface area (Å²) in [7, 11) is 0. The van der Waals surface area contributed by atoms with E-state index in [1.165, 1.54) is 0 Å². The molecule has 0 aromatic carbocycles. The molecular formula is C10H16F3NO3. The van der Waals surface area contributed by atoms with Crippen molar-refractivity contribution in [2.24, 2.45) is 4.99 Å². The number of amides is 1. The first kappa shape index (κ1) is 15.7. The number of carbonyl (C=O) groups is 1. The van der Waals surface area contributed by atoms with E-state index in [-0.39, 0.29) is 32.0 Å². The van der Waals surface area contributed by atoms with Gasteiger partial charge in [0.15, 0.2) is 5.90 Å². The van der Waals surface area contributed by atoms with E-state index in [0.29, 0.717) is 0 Å². The van der Waals surface area contributed by atoms with Crippen molar-refractivity contribution < 1.29 is 27.4 Å². The first-order chi connectivity index (χ1) is 7.89. The quantitative estimate of drug-likeness (QED) is 0.559. The van der Waals surface area contributed by atoms with Crippen LogP contribution in [0.2, 0.25) is 0 Å². The van der Waals surface area contributed by atoms with Crippen LogP contribution in [-0.4, -0.2) is 31.4 Å². The average molecular weight is 255 g/mol. The van der Waals surface area contributed by atoms with Crippen molar-refractivity contribution in [3.05, 3.63) is 0 Å². The van der Waals surface area contributed by atoms with Crippen molar-refractivity contribution in [3.8, 4) is 0 Å². The molecule has 100 valence electrons. The summed E-state index contributed by atoms with van der Waals surface area (Å²) in [4.78, 5) is 14.4. The molecule has 0 aliphatic carbocycles. The molecule has 0 bridgehead atoms. The van der Waals surface area contributed by atoms with E-state index in [9.17, 15) is 18.0 Å². The number of hydrogen-bond acceptors (Lipinski definition) is 3. The Balaban J connectivity index is 4.19. The minimum atomic E-state index is -4.21. The van der Waals surface area contributed by atoms with E-state index in [0.717, 1.165) is 0 Å². The normalized spacial score (nSPS) is 12.4. The number of halogens is 3. The van der Waals surface area contributed by atoms with Gasteiger partial charge in [-0.3, -0.25) is 0 Å². The lowest BCUT2D eigenvalue weighted by atomic mass is 10.2. The van der Waals surface area contributed by atoms with Crippen LogP contribution in [0.25, 0.3) is 0 Å². The van der Waals surface area contributed by atoms with Gasteiger partial charge in [-0.25, -0.2) is 4.79 Å². The molecule has 0 saturated carbocycles. The van der Waals surface area contributed by atoms with Gasteiger partial charge in [-0.1, -0.05) is 0 Å². The van der Waals surface area contributed by atoms with Crippen LogP contribution in [0.3, 0.4) is 0 Å². The number of aliphatic imine (C=N–C) groups is 1. The summed E-state index contributed by atoms with van der Waals surface area (Å²) < 4.78 is 45.2. The van der Waals surface area contributed by atoms with Crippen LogP contribution >= 0.6 is 0 Å². The van der Waals surface area contributed by atoms with Gasteiger partial charge in [0.25, 0.3) is 0 Å². The van der Waals surface area contributed by atoms with Crippen molar-refractivity contribution in [2.45, 2.75) is 39.3 Å². The van der Waals surface area contributed by atoms with E-state index in [1.807, 2.05) is 0 Å². The molecule has 0 unspecified atom stereocenters. The molecule has 0 saturated heterocycles. The zero-order chi connectivity index (χ0) is 13.3. The molecule has 0 aromatic heterocycles. The van der Waals surface area contributed by atoms with Gasteiger partial charge in [-0.05, 0) is 20.3 Å². The molecule has 0 aliphatic rings. The molecule has 17 heavy (non-hydrogen) atoms. The van der Waals surface area contributed by atoms with Crippen LogP contribution in [0, 0.1) is 0 Å². The van der Waals surface area contributed by atoms with Gasteiger partial charge in [0.1, 0.15) is 0 Å². The molecule has 0 aromatic rings. The Labute approximate surface area is 97.8 Å². The SMILES string of the molecule is CCOC(=O)/N=C(/CCCC(F)(F)F)OCC. The Kier molecular flexibility index (Phi) is 7.32. The Morgan fingerprint density at radius 1 is 1.18 bits per heavy atom. The topological polar surface area (TPSA) is 47.9 Å². The zero-order valence-electron chi connectivity index (χ0n) is 9.84. The van der Waals surface area contributed by atoms with Crippen molar-refractivity contribution in [3.63, 3.8) is 0 Å². The number of carbonyl (C=O) groups excluding carboxylic acids is 1. The van der Waals surface area contributed by atoms with Gasteiger partial charge >= 0.3 is 12.3 Å². The fourth-order valence-corrected chi connectivity index (χ4v) is 1.02. The van der Waals surface area contributed by atoms with Crippen molar-refractivity contribution in [1.82, 2.24) is 0 Å². The van der Waals surface area contributed by atoms with Gasteiger partial charge in [0.05, 0.1) is 13.2 Å². The van der Waals surface area contributed by atoms with E-state index in [4.69, 9.17) is 4.74 Å². The molecule has 0 rings (SSSR count). The lowest BCUT2D eigenvalue weighted by molar-refractivity contribution is -0.135. The summed E-state index contributed by atoms with van der Waals surface area (Å²) in [6.45, 7) is 3.66. The van der Waals surface area contributed by atoms with Crippen molar-refractivity contribution in [1.29, 1.82) is 0 Å². The Morgan fingerprint density at radius 2 is 1.76 bits per heavy atom. The summed E-state index contributed by atoms with van der Waals surface area (Å²) in [5, 5.41) is 0. The lowest BCUT2D eigenvalue weighted by Crippen LogP contribution is -2.12. The maximum Gasteiger partial charge on any atom is 0.436 e. The van der Waals surface area contributed by atoms with Crippen LogP contribution in [0.15, 0.2) is 4.99 Å². The second kappa shape index (κ2) is 7.92. The smallest absolute Gasteiger partial charge is 0.436 e. The number of rotatable bonds is 5. The van der Waals surface area contributed by atoms with Crippen molar-refractivity contribution >= 4 is 12.0 Å². The lowest BCUT2D eigenvalue weighted by Gasteiger charge is -2.08. The second-order valence-electron chi connectivity index (χ2n) is 3.11. The predicted molar refractivity (Wildman–Crippen MR) is 56.0 cm³/mol. The first-order valence-corrected chi connectivity index (χ1v) is 5.33. The Hall–Kier alpha value is -1.27. The van der Waals surface area contributed by atoms with E-state index in [1.54, 1.807) is 13.8 Å². The first-order valence-electron chi connectivity index (χ1n) is 5.33. The third-order valence-electron chi connectivity index (χ3n) is 1.65. The van der Waals surface area contributed by atoms with Crippen LogP contribution < -0.4 is 0 Å². The molecule has 0 spiro atoms. The number of ether oxygens (including phenoxy) is 2. The monoisotopic (exact) mass is 255 g/mol.